The van der Waals surface area contributed by atoms with Crippen molar-refractivity contribution < 1.29 is 9.53 Å². The Hall–Kier alpha value is -3.33. The number of hydrogen-bond donors (Lipinski definition) is 0. The van der Waals surface area contributed by atoms with Crippen molar-refractivity contribution in [1.82, 2.24) is 4.90 Å². The van der Waals surface area contributed by atoms with E-state index in [0.717, 1.165) is 33.0 Å². The highest BCUT2D eigenvalue weighted by molar-refractivity contribution is 5.90. The normalized spacial score (nSPS) is 10.9. The molecule has 0 aliphatic heterocycles. The second kappa shape index (κ2) is 7.73. The summed E-state index contributed by atoms with van der Waals surface area (Å²) in [6, 6.07) is 26.7. The largest absolute Gasteiger partial charge is 0.497 e. The first-order chi connectivity index (χ1) is 13.6. The van der Waals surface area contributed by atoms with E-state index in [4.69, 9.17) is 4.74 Å². The van der Waals surface area contributed by atoms with Crippen molar-refractivity contribution >= 4 is 27.5 Å². The monoisotopic (exact) mass is 369 g/mol. The molecule has 0 heterocycles. The van der Waals surface area contributed by atoms with Crippen LogP contribution in [-0.2, 0) is 17.8 Å². The number of rotatable bonds is 5. The molecule has 0 unspecified atom stereocenters. The van der Waals surface area contributed by atoms with Gasteiger partial charge in [0.25, 0.3) is 0 Å². The first-order valence-corrected chi connectivity index (χ1v) is 9.41. The van der Waals surface area contributed by atoms with Crippen LogP contribution < -0.4 is 4.74 Å². The Morgan fingerprint density at radius 3 is 2.46 bits per heavy atom. The third-order valence-corrected chi connectivity index (χ3v) is 5.18. The Bertz CT molecular complexity index is 1140. The van der Waals surface area contributed by atoms with Crippen LogP contribution in [-0.4, -0.2) is 25.0 Å². The van der Waals surface area contributed by atoms with Crippen molar-refractivity contribution in [2.45, 2.75) is 13.0 Å². The van der Waals surface area contributed by atoms with Crippen molar-refractivity contribution in [2.75, 3.05) is 14.2 Å². The molecule has 3 heteroatoms. The van der Waals surface area contributed by atoms with Gasteiger partial charge in [-0.1, -0.05) is 60.7 Å². The molecule has 0 aromatic heterocycles. The average Bonchev–Trinajstić information content (AvgIpc) is 2.73. The molecule has 0 saturated heterocycles. The van der Waals surface area contributed by atoms with E-state index in [9.17, 15) is 4.79 Å². The number of fused-ring (bicyclic) bond motifs is 2. The topological polar surface area (TPSA) is 29.5 Å². The lowest BCUT2D eigenvalue weighted by Crippen LogP contribution is -2.27. The second-order valence-corrected chi connectivity index (χ2v) is 7.11. The summed E-state index contributed by atoms with van der Waals surface area (Å²) in [5.74, 6) is 0.966. The smallest absolute Gasteiger partial charge is 0.227 e. The summed E-state index contributed by atoms with van der Waals surface area (Å²) in [5, 5.41) is 4.59. The summed E-state index contributed by atoms with van der Waals surface area (Å²) in [6.07, 6.45) is 0.405. The summed E-state index contributed by atoms with van der Waals surface area (Å²) in [6.45, 7) is 0.589. The summed E-state index contributed by atoms with van der Waals surface area (Å²) >= 11 is 0. The quantitative estimate of drug-likeness (QED) is 0.484. The number of amides is 1. The molecule has 0 radical (unpaired) electrons. The molecule has 1 amide bonds. The number of ether oxygens (including phenoxy) is 1. The standard InChI is InChI=1S/C25H23NO2/c1-26(17-18-10-11-21-15-23(28-2)13-12-20(21)14-18)25(27)16-22-8-5-7-19-6-3-4-9-24(19)22/h3-15H,16-17H2,1-2H3. The first-order valence-electron chi connectivity index (χ1n) is 9.41. The minimum atomic E-state index is 0.117. The van der Waals surface area contributed by atoms with Crippen LogP contribution >= 0.6 is 0 Å². The van der Waals surface area contributed by atoms with Gasteiger partial charge in [-0.25, -0.2) is 0 Å². The Labute approximate surface area is 165 Å². The summed E-state index contributed by atoms with van der Waals surface area (Å²) in [4.78, 5) is 14.6. The molecule has 0 aliphatic rings. The molecule has 0 atom stereocenters. The Morgan fingerprint density at radius 1 is 0.857 bits per heavy atom. The zero-order valence-corrected chi connectivity index (χ0v) is 16.2. The molecular weight excluding hydrogens is 346 g/mol. The number of benzene rings is 4. The van der Waals surface area contributed by atoms with Crippen LogP contribution in [0, 0.1) is 0 Å². The Morgan fingerprint density at radius 2 is 1.61 bits per heavy atom. The van der Waals surface area contributed by atoms with Gasteiger partial charge in [0.15, 0.2) is 0 Å². The lowest BCUT2D eigenvalue weighted by molar-refractivity contribution is -0.129. The van der Waals surface area contributed by atoms with Crippen LogP contribution in [0.2, 0.25) is 0 Å². The Balaban J connectivity index is 1.50. The lowest BCUT2D eigenvalue weighted by atomic mass is 10.0. The maximum Gasteiger partial charge on any atom is 0.227 e. The van der Waals surface area contributed by atoms with Gasteiger partial charge >= 0.3 is 0 Å². The molecule has 0 bridgehead atoms. The van der Waals surface area contributed by atoms with Gasteiger partial charge < -0.3 is 9.64 Å². The van der Waals surface area contributed by atoms with Gasteiger partial charge in [-0.2, -0.15) is 0 Å². The minimum absolute atomic E-state index is 0.117. The highest BCUT2D eigenvalue weighted by Gasteiger charge is 2.12. The van der Waals surface area contributed by atoms with Crippen molar-refractivity contribution in [3.8, 4) is 5.75 Å². The van der Waals surface area contributed by atoms with Gasteiger partial charge in [0, 0.05) is 13.6 Å². The fraction of sp³-hybridized carbons (Fsp3) is 0.160. The minimum Gasteiger partial charge on any atom is -0.497 e. The maximum absolute atomic E-state index is 12.8. The van der Waals surface area contributed by atoms with Crippen molar-refractivity contribution in [1.29, 1.82) is 0 Å². The van der Waals surface area contributed by atoms with Crippen LogP contribution in [0.4, 0.5) is 0 Å². The van der Waals surface area contributed by atoms with Gasteiger partial charge in [-0.3, -0.25) is 4.79 Å². The number of carbonyl (C=O) groups is 1. The molecule has 28 heavy (non-hydrogen) atoms. The van der Waals surface area contributed by atoms with E-state index in [1.165, 1.54) is 5.39 Å². The summed E-state index contributed by atoms with van der Waals surface area (Å²) in [5.41, 5.74) is 2.19. The van der Waals surface area contributed by atoms with Crippen molar-refractivity contribution in [2.24, 2.45) is 0 Å². The highest BCUT2D eigenvalue weighted by Crippen LogP contribution is 2.23. The van der Waals surface area contributed by atoms with E-state index >= 15 is 0 Å². The van der Waals surface area contributed by atoms with E-state index in [1.54, 1.807) is 12.0 Å². The van der Waals surface area contributed by atoms with Gasteiger partial charge in [-0.15, -0.1) is 0 Å². The molecule has 0 saturated carbocycles. The predicted molar refractivity (Wildman–Crippen MR) is 115 cm³/mol. The van der Waals surface area contributed by atoms with Crippen LogP contribution in [0.5, 0.6) is 5.75 Å². The van der Waals surface area contributed by atoms with Gasteiger partial charge in [0.2, 0.25) is 5.91 Å². The molecular formula is C25H23NO2. The van der Waals surface area contributed by atoms with Crippen LogP contribution in [0.3, 0.4) is 0 Å². The van der Waals surface area contributed by atoms with E-state index in [-0.39, 0.29) is 5.91 Å². The number of methoxy groups -OCH3 is 1. The lowest BCUT2D eigenvalue weighted by Gasteiger charge is -2.18. The van der Waals surface area contributed by atoms with Crippen LogP contribution in [0.1, 0.15) is 11.1 Å². The van der Waals surface area contributed by atoms with Gasteiger partial charge in [0.1, 0.15) is 5.75 Å². The second-order valence-electron chi connectivity index (χ2n) is 7.11. The summed E-state index contributed by atoms with van der Waals surface area (Å²) in [7, 11) is 3.54. The average molecular weight is 369 g/mol. The van der Waals surface area contributed by atoms with E-state index in [1.807, 2.05) is 43.4 Å². The molecule has 3 nitrogen and oxygen atoms in total. The first kappa shape index (κ1) is 18.1. The maximum atomic E-state index is 12.8. The van der Waals surface area contributed by atoms with Crippen LogP contribution in [0.25, 0.3) is 21.5 Å². The predicted octanol–water partition coefficient (Wildman–Crippen LogP) is 5.20. The third kappa shape index (κ3) is 3.70. The number of carbonyl (C=O) groups excluding carboxylic acids is 1. The fourth-order valence-electron chi connectivity index (χ4n) is 3.61. The fourth-order valence-corrected chi connectivity index (χ4v) is 3.61. The van der Waals surface area contributed by atoms with Crippen LogP contribution in [0.15, 0.2) is 78.9 Å². The molecule has 4 aromatic carbocycles. The molecule has 0 fully saturated rings. The molecule has 0 aliphatic carbocycles. The zero-order valence-electron chi connectivity index (χ0n) is 16.2. The highest BCUT2D eigenvalue weighted by atomic mass is 16.5. The molecule has 140 valence electrons. The van der Waals surface area contributed by atoms with Gasteiger partial charge in [0.05, 0.1) is 13.5 Å². The van der Waals surface area contributed by atoms with Crippen molar-refractivity contribution in [3.05, 3.63) is 90.0 Å². The number of nitrogens with zero attached hydrogens (tertiary/aromatic N) is 1. The van der Waals surface area contributed by atoms with E-state index in [2.05, 4.69) is 42.5 Å². The molecule has 4 rings (SSSR count). The third-order valence-electron chi connectivity index (χ3n) is 5.18. The Kier molecular flexibility index (Phi) is 4.98. The molecule has 0 spiro atoms. The summed E-state index contributed by atoms with van der Waals surface area (Å²) < 4.78 is 5.28. The molecule has 4 aromatic rings. The zero-order chi connectivity index (χ0) is 19.5. The SMILES string of the molecule is COc1ccc2cc(CN(C)C(=O)Cc3cccc4ccccc34)ccc2c1. The van der Waals surface area contributed by atoms with Crippen molar-refractivity contribution in [3.63, 3.8) is 0 Å². The van der Waals surface area contributed by atoms with Gasteiger partial charge in [-0.05, 0) is 50.9 Å². The van der Waals surface area contributed by atoms with E-state index < -0.39 is 0 Å². The molecule has 0 N–H and O–H groups in total. The number of hydrogen-bond acceptors (Lipinski definition) is 2. The van der Waals surface area contributed by atoms with E-state index in [0.29, 0.717) is 13.0 Å². The number of likely N-dealkylation sites (N-methyl/N-ethyl adjacent to an activating group) is 1.